The largest absolute Gasteiger partial charge is 0.381 e. The first-order valence-electron chi connectivity index (χ1n) is 9.18. The fourth-order valence-corrected chi connectivity index (χ4v) is 3.80. The van der Waals surface area contributed by atoms with E-state index in [1.165, 1.54) is 18.5 Å². The molecular weight excluding hydrogens is 316 g/mol. The van der Waals surface area contributed by atoms with E-state index < -0.39 is 0 Å². The number of fused-ring (bicyclic) bond motifs is 1. The number of hydrogen-bond acceptors (Lipinski definition) is 5. The molecule has 2 aliphatic heterocycles. The van der Waals surface area contributed by atoms with Crippen molar-refractivity contribution in [1.29, 1.82) is 0 Å². The Morgan fingerprint density at radius 3 is 2.92 bits per heavy atom. The minimum Gasteiger partial charge on any atom is -0.381 e. The zero-order chi connectivity index (χ0) is 16.9. The molecule has 2 aromatic heterocycles. The van der Waals surface area contributed by atoms with Gasteiger partial charge in [0, 0.05) is 45.2 Å². The predicted octanol–water partition coefficient (Wildman–Crippen LogP) is 2.28. The number of nitrogens with zero attached hydrogens (tertiary/aromatic N) is 4. The van der Waals surface area contributed by atoms with Gasteiger partial charge in [-0.15, -0.1) is 0 Å². The van der Waals surface area contributed by atoms with Crippen molar-refractivity contribution in [2.45, 2.75) is 32.0 Å². The van der Waals surface area contributed by atoms with E-state index in [9.17, 15) is 0 Å². The molecule has 25 heavy (non-hydrogen) atoms. The molecule has 0 spiro atoms. The van der Waals surface area contributed by atoms with Crippen molar-refractivity contribution in [3.8, 4) is 0 Å². The Balaban J connectivity index is 1.35. The van der Waals surface area contributed by atoms with Crippen LogP contribution in [0.1, 0.15) is 30.3 Å². The number of ether oxygens (including phenoxy) is 2. The van der Waals surface area contributed by atoms with Crippen LogP contribution in [0.2, 0.25) is 0 Å². The second-order valence-corrected chi connectivity index (χ2v) is 7.01. The molecule has 0 unspecified atom stereocenters. The van der Waals surface area contributed by atoms with Crippen molar-refractivity contribution >= 4 is 0 Å². The maximum absolute atomic E-state index is 5.95. The van der Waals surface area contributed by atoms with Crippen molar-refractivity contribution in [2.75, 3.05) is 32.9 Å². The Morgan fingerprint density at radius 2 is 2.08 bits per heavy atom. The van der Waals surface area contributed by atoms with E-state index >= 15 is 0 Å². The van der Waals surface area contributed by atoms with Crippen molar-refractivity contribution in [1.82, 2.24) is 19.7 Å². The standard InChI is InChI=1S/C19H26N4O2/c1-2-7-20-17(3-1)14-25-15-19-13-22(11-16-5-9-24-10-6-16)12-18-4-8-21-23(18)19/h1-4,7-8,16,19H,5-6,9-15H2/t19-/m0/s1. The van der Waals surface area contributed by atoms with Gasteiger partial charge in [0.05, 0.1) is 30.6 Å². The third-order valence-electron chi connectivity index (χ3n) is 5.10. The molecule has 6 heteroatoms. The summed E-state index contributed by atoms with van der Waals surface area (Å²) in [6.07, 6.45) is 6.06. The van der Waals surface area contributed by atoms with Gasteiger partial charge in [-0.3, -0.25) is 14.6 Å². The van der Waals surface area contributed by atoms with Crippen LogP contribution < -0.4 is 0 Å². The molecule has 0 aromatic carbocycles. The van der Waals surface area contributed by atoms with Crippen molar-refractivity contribution < 1.29 is 9.47 Å². The van der Waals surface area contributed by atoms with Crippen LogP contribution in [0.4, 0.5) is 0 Å². The van der Waals surface area contributed by atoms with Crippen molar-refractivity contribution in [2.24, 2.45) is 5.92 Å². The van der Waals surface area contributed by atoms with Crippen LogP contribution in [0.25, 0.3) is 0 Å². The molecule has 0 radical (unpaired) electrons. The zero-order valence-corrected chi connectivity index (χ0v) is 14.6. The maximum Gasteiger partial charge on any atom is 0.0888 e. The first kappa shape index (κ1) is 16.7. The maximum atomic E-state index is 5.95. The predicted molar refractivity (Wildman–Crippen MR) is 94.0 cm³/mol. The molecule has 0 aliphatic carbocycles. The Hall–Kier alpha value is -1.76. The minimum absolute atomic E-state index is 0.266. The lowest BCUT2D eigenvalue weighted by molar-refractivity contribution is 0.0279. The molecule has 4 rings (SSSR count). The molecule has 0 saturated carbocycles. The fraction of sp³-hybridized carbons (Fsp3) is 0.579. The van der Waals surface area contributed by atoms with Gasteiger partial charge < -0.3 is 9.47 Å². The summed E-state index contributed by atoms with van der Waals surface area (Å²) in [5, 5.41) is 4.52. The lowest BCUT2D eigenvalue weighted by atomic mass is 9.99. The van der Waals surface area contributed by atoms with E-state index in [4.69, 9.17) is 9.47 Å². The van der Waals surface area contributed by atoms with Gasteiger partial charge in [0.25, 0.3) is 0 Å². The molecule has 4 heterocycles. The van der Waals surface area contributed by atoms with Gasteiger partial charge in [-0.25, -0.2) is 0 Å². The summed E-state index contributed by atoms with van der Waals surface area (Å²) in [5.41, 5.74) is 2.25. The molecule has 1 saturated heterocycles. The van der Waals surface area contributed by atoms with Crippen LogP contribution in [0.5, 0.6) is 0 Å². The third kappa shape index (κ3) is 4.26. The van der Waals surface area contributed by atoms with E-state index in [-0.39, 0.29) is 6.04 Å². The molecule has 2 aromatic rings. The highest BCUT2D eigenvalue weighted by molar-refractivity contribution is 5.06. The first-order valence-corrected chi connectivity index (χ1v) is 9.18. The zero-order valence-electron chi connectivity index (χ0n) is 14.6. The van der Waals surface area contributed by atoms with E-state index in [1.54, 1.807) is 6.20 Å². The van der Waals surface area contributed by atoms with E-state index in [2.05, 4.69) is 25.7 Å². The number of aromatic nitrogens is 3. The quantitative estimate of drug-likeness (QED) is 0.806. The highest BCUT2D eigenvalue weighted by Crippen LogP contribution is 2.24. The number of pyridine rings is 1. The van der Waals surface area contributed by atoms with Gasteiger partial charge in [0.15, 0.2) is 0 Å². The molecule has 6 nitrogen and oxygen atoms in total. The molecule has 134 valence electrons. The summed E-state index contributed by atoms with van der Waals surface area (Å²) in [7, 11) is 0. The molecule has 0 N–H and O–H groups in total. The molecule has 2 aliphatic rings. The Labute approximate surface area is 148 Å². The summed E-state index contributed by atoms with van der Waals surface area (Å²) in [6, 6.07) is 8.31. The average molecular weight is 342 g/mol. The van der Waals surface area contributed by atoms with Crippen LogP contribution in [0.3, 0.4) is 0 Å². The average Bonchev–Trinajstić information content (AvgIpc) is 3.12. The Morgan fingerprint density at radius 1 is 1.16 bits per heavy atom. The van der Waals surface area contributed by atoms with E-state index in [0.29, 0.717) is 13.2 Å². The molecular formula is C19H26N4O2. The topological polar surface area (TPSA) is 52.4 Å². The summed E-state index contributed by atoms with van der Waals surface area (Å²) in [6.45, 7) is 6.15. The lowest BCUT2D eigenvalue weighted by Crippen LogP contribution is -2.42. The molecule has 1 fully saturated rings. The summed E-state index contributed by atoms with van der Waals surface area (Å²) in [5.74, 6) is 0.748. The Kier molecular flexibility index (Phi) is 5.40. The van der Waals surface area contributed by atoms with Gasteiger partial charge in [0.2, 0.25) is 0 Å². The van der Waals surface area contributed by atoms with E-state index in [0.717, 1.165) is 44.5 Å². The fourth-order valence-electron chi connectivity index (χ4n) is 3.80. The third-order valence-corrected chi connectivity index (χ3v) is 5.10. The second-order valence-electron chi connectivity index (χ2n) is 7.01. The van der Waals surface area contributed by atoms with Gasteiger partial charge in [0.1, 0.15) is 0 Å². The summed E-state index contributed by atoms with van der Waals surface area (Å²) < 4.78 is 13.6. The summed E-state index contributed by atoms with van der Waals surface area (Å²) >= 11 is 0. The smallest absolute Gasteiger partial charge is 0.0888 e. The minimum atomic E-state index is 0.266. The van der Waals surface area contributed by atoms with Crippen LogP contribution in [-0.4, -0.2) is 52.6 Å². The summed E-state index contributed by atoms with van der Waals surface area (Å²) in [4.78, 5) is 6.88. The monoisotopic (exact) mass is 342 g/mol. The van der Waals surface area contributed by atoms with Crippen LogP contribution in [-0.2, 0) is 22.6 Å². The van der Waals surface area contributed by atoms with Gasteiger partial charge in [-0.2, -0.15) is 5.10 Å². The number of hydrogen-bond donors (Lipinski definition) is 0. The molecule has 0 amide bonds. The van der Waals surface area contributed by atoms with Gasteiger partial charge in [-0.1, -0.05) is 6.07 Å². The molecule has 0 bridgehead atoms. The SMILES string of the molecule is c1ccc(COC[C@@H]2CN(CC3CCOCC3)Cc3ccnn32)nc1. The number of rotatable bonds is 6. The van der Waals surface area contributed by atoms with Gasteiger partial charge >= 0.3 is 0 Å². The van der Waals surface area contributed by atoms with Gasteiger partial charge in [-0.05, 0) is 37.0 Å². The van der Waals surface area contributed by atoms with Crippen LogP contribution in [0, 0.1) is 5.92 Å². The van der Waals surface area contributed by atoms with E-state index in [1.807, 2.05) is 24.4 Å². The normalized spacial score (nSPS) is 22.0. The Bertz CT molecular complexity index is 654. The van der Waals surface area contributed by atoms with Crippen LogP contribution >= 0.6 is 0 Å². The van der Waals surface area contributed by atoms with Crippen LogP contribution in [0.15, 0.2) is 36.7 Å². The second kappa shape index (κ2) is 8.08. The highest BCUT2D eigenvalue weighted by Gasteiger charge is 2.27. The van der Waals surface area contributed by atoms with Crippen molar-refractivity contribution in [3.05, 3.63) is 48.0 Å². The lowest BCUT2D eigenvalue weighted by Gasteiger charge is -2.36. The molecule has 1 atom stereocenters. The first-order chi connectivity index (χ1) is 12.4. The highest BCUT2D eigenvalue weighted by atomic mass is 16.5. The van der Waals surface area contributed by atoms with Crippen molar-refractivity contribution in [3.63, 3.8) is 0 Å².